The van der Waals surface area contributed by atoms with E-state index >= 15 is 0 Å². The lowest BCUT2D eigenvalue weighted by atomic mass is 10.0. The molecule has 0 radical (unpaired) electrons. The number of carbonyl (C=O) groups excluding carboxylic acids is 1. The second kappa shape index (κ2) is 9.87. The van der Waals surface area contributed by atoms with E-state index in [4.69, 9.17) is 4.74 Å². The van der Waals surface area contributed by atoms with Crippen LogP contribution in [0.4, 0.5) is 5.69 Å². The summed E-state index contributed by atoms with van der Waals surface area (Å²) in [5.74, 6) is 0.519. The molecule has 0 saturated heterocycles. The average molecular weight is 453 g/mol. The first-order valence-electron chi connectivity index (χ1n) is 10.4. The molecule has 1 atom stereocenters. The highest BCUT2D eigenvalue weighted by molar-refractivity contribution is 7.92. The molecule has 0 heterocycles. The first kappa shape index (κ1) is 23.3. The molecule has 0 aromatic heterocycles. The van der Waals surface area contributed by atoms with Gasteiger partial charge in [-0.25, -0.2) is 8.42 Å². The van der Waals surface area contributed by atoms with Crippen LogP contribution < -0.4 is 14.8 Å². The SMILES string of the molecule is CC[C@@H](NC(=O)c1cccc(NS(=O)(=O)c2ccc(C)cc2)c1)c1ccc(OC)c(C)c1. The van der Waals surface area contributed by atoms with Gasteiger partial charge in [-0.2, -0.15) is 0 Å². The van der Waals surface area contributed by atoms with Crippen molar-refractivity contribution in [1.29, 1.82) is 0 Å². The summed E-state index contributed by atoms with van der Waals surface area (Å²) in [6, 6.07) is 18.7. The first-order valence-corrected chi connectivity index (χ1v) is 11.9. The molecule has 3 aromatic carbocycles. The molecule has 0 saturated carbocycles. The molecule has 168 valence electrons. The molecule has 1 amide bonds. The number of anilines is 1. The molecule has 7 heteroatoms. The lowest BCUT2D eigenvalue weighted by Gasteiger charge is -2.19. The number of hydrogen-bond acceptors (Lipinski definition) is 4. The van der Waals surface area contributed by atoms with E-state index < -0.39 is 10.0 Å². The summed E-state index contributed by atoms with van der Waals surface area (Å²) in [6.45, 7) is 5.85. The maximum atomic E-state index is 12.9. The summed E-state index contributed by atoms with van der Waals surface area (Å²) >= 11 is 0. The lowest BCUT2D eigenvalue weighted by Crippen LogP contribution is -2.28. The molecular formula is C25H28N2O4S. The number of carbonyl (C=O) groups is 1. The van der Waals surface area contributed by atoms with Crippen molar-refractivity contribution in [3.05, 3.63) is 89.0 Å². The minimum absolute atomic E-state index is 0.166. The van der Waals surface area contributed by atoms with Crippen molar-refractivity contribution in [2.24, 2.45) is 0 Å². The predicted octanol–water partition coefficient (Wildman–Crippen LogP) is 4.99. The van der Waals surface area contributed by atoms with E-state index in [-0.39, 0.29) is 16.8 Å². The maximum Gasteiger partial charge on any atom is 0.261 e. The number of nitrogens with one attached hydrogen (secondary N) is 2. The Balaban J connectivity index is 1.77. The summed E-state index contributed by atoms with van der Waals surface area (Å²) in [4.78, 5) is 13.1. The van der Waals surface area contributed by atoms with E-state index in [2.05, 4.69) is 10.0 Å². The van der Waals surface area contributed by atoms with Crippen molar-refractivity contribution in [2.75, 3.05) is 11.8 Å². The van der Waals surface area contributed by atoms with Crippen LogP contribution in [0.2, 0.25) is 0 Å². The summed E-state index contributed by atoms with van der Waals surface area (Å²) in [6.07, 6.45) is 0.706. The number of hydrogen-bond donors (Lipinski definition) is 2. The highest BCUT2D eigenvalue weighted by Gasteiger charge is 2.18. The second-order valence-electron chi connectivity index (χ2n) is 7.66. The topological polar surface area (TPSA) is 84.5 Å². The van der Waals surface area contributed by atoms with Gasteiger partial charge in [0.2, 0.25) is 0 Å². The largest absolute Gasteiger partial charge is 0.496 e. The number of benzene rings is 3. The van der Waals surface area contributed by atoms with Gasteiger partial charge in [0.15, 0.2) is 0 Å². The molecule has 32 heavy (non-hydrogen) atoms. The van der Waals surface area contributed by atoms with Gasteiger partial charge < -0.3 is 10.1 Å². The maximum absolute atomic E-state index is 12.9. The Morgan fingerprint density at radius 1 is 1.00 bits per heavy atom. The van der Waals surface area contributed by atoms with Gasteiger partial charge in [-0.1, -0.05) is 42.8 Å². The summed E-state index contributed by atoms with van der Waals surface area (Å²) in [5.41, 5.74) is 3.64. The quantitative estimate of drug-likeness (QED) is 0.504. The Bertz CT molecular complexity index is 1200. The molecule has 0 spiro atoms. The predicted molar refractivity (Wildman–Crippen MR) is 127 cm³/mol. The van der Waals surface area contributed by atoms with Crippen LogP contribution in [-0.4, -0.2) is 21.4 Å². The van der Waals surface area contributed by atoms with Crippen LogP contribution in [-0.2, 0) is 10.0 Å². The van der Waals surface area contributed by atoms with Crippen molar-refractivity contribution >= 4 is 21.6 Å². The molecule has 0 unspecified atom stereocenters. The van der Waals surface area contributed by atoms with Gasteiger partial charge >= 0.3 is 0 Å². The van der Waals surface area contributed by atoms with Crippen LogP contribution in [0.3, 0.4) is 0 Å². The van der Waals surface area contributed by atoms with Gasteiger partial charge in [-0.05, 0) is 67.8 Å². The van der Waals surface area contributed by atoms with Gasteiger partial charge in [-0.3, -0.25) is 9.52 Å². The average Bonchev–Trinajstić information content (AvgIpc) is 2.77. The van der Waals surface area contributed by atoms with Crippen molar-refractivity contribution in [3.8, 4) is 5.75 Å². The Morgan fingerprint density at radius 2 is 1.72 bits per heavy atom. The zero-order valence-corrected chi connectivity index (χ0v) is 19.5. The molecule has 0 aliphatic rings. The molecular weight excluding hydrogens is 424 g/mol. The van der Waals surface area contributed by atoms with Gasteiger partial charge in [0.1, 0.15) is 5.75 Å². The normalized spacial score (nSPS) is 12.1. The number of methoxy groups -OCH3 is 1. The van der Waals surface area contributed by atoms with E-state index in [1.165, 1.54) is 6.07 Å². The van der Waals surface area contributed by atoms with Crippen LogP contribution in [0.5, 0.6) is 5.75 Å². The number of amides is 1. The number of ether oxygens (including phenoxy) is 1. The van der Waals surface area contributed by atoms with E-state index in [0.717, 1.165) is 22.4 Å². The smallest absolute Gasteiger partial charge is 0.261 e. The van der Waals surface area contributed by atoms with Crippen LogP contribution in [0.1, 0.15) is 46.4 Å². The summed E-state index contributed by atoms with van der Waals surface area (Å²) < 4.78 is 33.2. The van der Waals surface area contributed by atoms with E-state index in [0.29, 0.717) is 17.7 Å². The Labute approximate surface area is 189 Å². The molecule has 0 aliphatic carbocycles. The third kappa shape index (κ3) is 5.48. The third-order valence-corrected chi connectivity index (χ3v) is 6.64. The molecule has 0 bridgehead atoms. The minimum atomic E-state index is -3.75. The van der Waals surface area contributed by atoms with Gasteiger partial charge in [0.25, 0.3) is 15.9 Å². The molecule has 0 fully saturated rings. The molecule has 3 rings (SSSR count). The Hall–Kier alpha value is -3.32. The fourth-order valence-electron chi connectivity index (χ4n) is 3.44. The van der Waals surface area contributed by atoms with Crippen LogP contribution >= 0.6 is 0 Å². The molecule has 6 nitrogen and oxygen atoms in total. The zero-order valence-electron chi connectivity index (χ0n) is 18.7. The van der Waals surface area contributed by atoms with Crippen LogP contribution in [0.15, 0.2) is 71.6 Å². The first-order chi connectivity index (χ1) is 15.2. The fraction of sp³-hybridized carbons (Fsp3) is 0.240. The zero-order chi connectivity index (χ0) is 23.3. The van der Waals surface area contributed by atoms with Gasteiger partial charge in [-0.15, -0.1) is 0 Å². The molecule has 0 aliphatic heterocycles. The van der Waals surface area contributed by atoms with Crippen LogP contribution in [0, 0.1) is 13.8 Å². The third-order valence-electron chi connectivity index (χ3n) is 5.24. The van der Waals surface area contributed by atoms with Crippen molar-refractivity contribution in [3.63, 3.8) is 0 Å². The highest BCUT2D eigenvalue weighted by Crippen LogP contribution is 2.25. The van der Waals surface area contributed by atoms with Crippen molar-refractivity contribution in [2.45, 2.75) is 38.1 Å². The van der Waals surface area contributed by atoms with E-state index in [1.54, 1.807) is 49.6 Å². The minimum Gasteiger partial charge on any atom is -0.496 e. The highest BCUT2D eigenvalue weighted by atomic mass is 32.2. The lowest BCUT2D eigenvalue weighted by molar-refractivity contribution is 0.0935. The van der Waals surface area contributed by atoms with Crippen molar-refractivity contribution in [1.82, 2.24) is 5.32 Å². The van der Waals surface area contributed by atoms with Crippen LogP contribution in [0.25, 0.3) is 0 Å². The molecule has 2 N–H and O–H groups in total. The van der Waals surface area contributed by atoms with Crippen molar-refractivity contribution < 1.29 is 17.9 Å². The monoisotopic (exact) mass is 452 g/mol. The number of aryl methyl sites for hydroxylation is 2. The second-order valence-corrected chi connectivity index (χ2v) is 9.35. The summed E-state index contributed by atoms with van der Waals surface area (Å²) in [7, 11) is -2.12. The van der Waals surface area contributed by atoms with E-state index in [1.807, 2.05) is 39.0 Å². The van der Waals surface area contributed by atoms with Gasteiger partial charge in [0.05, 0.1) is 18.0 Å². The fourth-order valence-corrected chi connectivity index (χ4v) is 4.49. The standard InChI is InChI=1S/C25H28N2O4S/c1-5-23(19-11-14-24(31-4)18(3)15-19)26-25(28)20-7-6-8-21(16-20)27-32(29,30)22-12-9-17(2)10-13-22/h6-16,23,27H,5H2,1-4H3,(H,26,28)/t23-/m1/s1. The number of rotatable bonds is 8. The Kier molecular flexibility index (Phi) is 7.20. The Morgan fingerprint density at radius 3 is 2.34 bits per heavy atom. The van der Waals surface area contributed by atoms with Gasteiger partial charge in [0, 0.05) is 11.3 Å². The van der Waals surface area contributed by atoms with E-state index in [9.17, 15) is 13.2 Å². The number of sulfonamides is 1. The summed E-state index contributed by atoms with van der Waals surface area (Å²) in [5, 5.41) is 3.03. The molecule has 3 aromatic rings.